The number of aromatic amines is 1. The number of fused-ring (bicyclic) bond motifs is 3. The van der Waals surface area contributed by atoms with Gasteiger partial charge in [-0.3, -0.25) is 14.4 Å². The van der Waals surface area contributed by atoms with E-state index in [0.29, 0.717) is 22.0 Å². The minimum Gasteiger partial charge on any atom is -0.459 e. The Bertz CT molecular complexity index is 1120. The standard InChI is InChI=1S/C20H21N3O5S/c1-10-5-6-12-14(8-10)29-20-16(12)19(26)22-17(23-20)11(2)28-15(24)9-21-18(25)13-4-3-7-27-13/h3-4,7,10-11H,5-6,8-9H2,1-2H3,(H,21,25)(H,22,23,26)/t10-,11+/m1/s1. The third-order valence-electron chi connectivity index (χ3n) is 5.02. The summed E-state index contributed by atoms with van der Waals surface area (Å²) in [6.07, 6.45) is 3.54. The maximum atomic E-state index is 12.7. The summed E-state index contributed by atoms with van der Waals surface area (Å²) in [7, 11) is 0. The topological polar surface area (TPSA) is 114 Å². The Labute approximate surface area is 170 Å². The van der Waals surface area contributed by atoms with Gasteiger partial charge < -0.3 is 19.5 Å². The molecule has 0 aromatic carbocycles. The number of H-pyrrole nitrogens is 1. The normalized spacial score (nSPS) is 17.0. The lowest BCUT2D eigenvalue weighted by Crippen LogP contribution is -2.31. The Morgan fingerprint density at radius 3 is 3.07 bits per heavy atom. The minimum atomic E-state index is -0.752. The van der Waals surface area contributed by atoms with Crippen molar-refractivity contribution in [3.8, 4) is 0 Å². The molecule has 0 saturated carbocycles. The molecule has 0 radical (unpaired) electrons. The van der Waals surface area contributed by atoms with Gasteiger partial charge in [0.2, 0.25) is 0 Å². The Morgan fingerprint density at radius 1 is 1.48 bits per heavy atom. The van der Waals surface area contributed by atoms with Crippen molar-refractivity contribution in [1.82, 2.24) is 15.3 Å². The number of carbonyl (C=O) groups is 2. The van der Waals surface area contributed by atoms with Crippen LogP contribution in [-0.2, 0) is 22.4 Å². The highest BCUT2D eigenvalue weighted by Crippen LogP contribution is 2.35. The van der Waals surface area contributed by atoms with Crippen LogP contribution in [0.5, 0.6) is 0 Å². The molecule has 29 heavy (non-hydrogen) atoms. The van der Waals surface area contributed by atoms with Crippen LogP contribution in [0, 0.1) is 5.92 Å². The van der Waals surface area contributed by atoms with E-state index in [1.54, 1.807) is 24.3 Å². The number of nitrogens with zero attached hydrogens (tertiary/aromatic N) is 1. The second-order valence-corrected chi connectivity index (χ2v) is 8.36. The number of rotatable bonds is 5. The van der Waals surface area contributed by atoms with Gasteiger partial charge in [-0.2, -0.15) is 0 Å². The van der Waals surface area contributed by atoms with Crippen LogP contribution in [0.25, 0.3) is 10.2 Å². The third kappa shape index (κ3) is 3.95. The van der Waals surface area contributed by atoms with Crippen LogP contribution in [0.2, 0.25) is 0 Å². The molecular formula is C20H21N3O5S. The molecule has 1 aliphatic rings. The molecule has 2 N–H and O–H groups in total. The maximum Gasteiger partial charge on any atom is 0.326 e. The van der Waals surface area contributed by atoms with Gasteiger partial charge >= 0.3 is 5.97 Å². The highest BCUT2D eigenvalue weighted by molar-refractivity contribution is 7.18. The summed E-state index contributed by atoms with van der Waals surface area (Å²) in [5, 5.41) is 3.08. The zero-order chi connectivity index (χ0) is 20.5. The number of furan rings is 1. The summed E-state index contributed by atoms with van der Waals surface area (Å²) in [6.45, 7) is 3.52. The van der Waals surface area contributed by atoms with Crippen LogP contribution in [0.4, 0.5) is 0 Å². The van der Waals surface area contributed by atoms with Gasteiger partial charge in [0.05, 0.1) is 11.6 Å². The Hall–Kier alpha value is -2.94. The number of aromatic nitrogens is 2. The number of aryl methyl sites for hydroxylation is 1. The SMILES string of the molecule is C[C@@H]1CCc2c(sc3nc([C@H](C)OC(=O)CNC(=O)c4ccco4)[nH]c(=O)c23)C1. The average molecular weight is 415 g/mol. The van der Waals surface area contributed by atoms with Crippen molar-refractivity contribution < 1.29 is 18.7 Å². The van der Waals surface area contributed by atoms with Crippen molar-refractivity contribution in [1.29, 1.82) is 0 Å². The van der Waals surface area contributed by atoms with E-state index >= 15 is 0 Å². The molecule has 1 aliphatic carbocycles. The monoisotopic (exact) mass is 415 g/mol. The number of ether oxygens (including phenoxy) is 1. The van der Waals surface area contributed by atoms with Crippen molar-refractivity contribution >= 4 is 33.4 Å². The Balaban J connectivity index is 1.45. The summed E-state index contributed by atoms with van der Waals surface area (Å²) >= 11 is 1.54. The van der Waals surface area contributed by atoms with Gasteiger partial charge in [-0.25, -0.2) is 4.98 Å². The third-order valence-corrected chi connectivity index (χ3v) is 6.16. The van der Waals surface area contributed by atoms with Gasteiger partial charge in [-0.1, -0.05) is 6.92 Å². The first-order valence-electron chi connectivity index (χ1n) is 9.48. The first kappa shape index (κ1) is 19.4. The molecule has 1 amide bonds. The predicted octanol–water partition coefficient (Wildman–Crippen LogP) is 2.74. The smallest absolute Gasteiger partial charge is 0.326 e. The zero-order valence-electron chi connectivity index (χ0n) is 16.1. The Kier molecular flexibility index (Phi) is 5.23. The van der Waals surface area contributed by atoms with Crippen LogP contribution in [0.15, 0.2) is 27.6 Å². The van der Waals surface area contributed by atoms with Gasteiger partial charge in [0.15, 0.2) is 17.7 Å². The number of nitrogens with one attached hydrogen (secondary N) is 2. The quantitative estimate of drug-likeness (QED) is 0.619. The van der Waals surface area contributed by atoms with Crippen molar-refractivity contribution in [2.24, 2.45) is 5.92 Å². The van der Waals surface area contributed by atoms with E-state index < -0.39 is 18.0 Å². The molecule has 9 heteroatoms. The van der Waals surface area contributed by atoms with Crippen LogP contribution < -0.4 is 10.9 Å². The molecule has 8 nitrogen and oxygen atoms in total. The van der Waals surface area contributed by atoms with Gasteiger partial charge in [-0.05, 0) is 49.8 Å². The number of hydrogen-bond acceptors (Lipinski definition) is 7. The van der Waals surface area contributed by atoms with Crippen LogP contribution >= 0.6 is 11.3 Å². The first-order valence-corrected chi connectivity index (χ1v) is 10.3. The molecular weight excluding hydrogens is 394 g/mol. The van der Waals surface area contributed by atoms with E-state index in [0.717, 1.165) is 24.8 Å². The van der Waals surface area contributed by atoms with Gasteiger partial charge in [-0.15, -0.1) is 11.3 Å². The fourth-order valence-corrected chi connectivity index (χ4v) is 4.89. The summed E-state index contributed by atoms with van der Waals surface area (Å²) in [4.78, 5) is 45.7. The lowest BCUT2D eigenvalue weighted by atomic mass is 9.89. The van der Waals surface area contributed by atoms with E-state index in [1.165, 1.54) is 17.2 Å². The van der Waals surface area contributed by atoms with E-state index in [1.807, 2.05) is 0 Å². The molecule has 0 fully saturated rings. The average Bonchev–Trinajstić information content (AvgIpc) is 3.33. The van der Waals surface area contributed by atoms with E-state index in [9.17, 15) is 14.4 Å². The highest BCUT2D eigenvalue weighted by atomic mass is 32.1. The number of carbonyl (C=O) groups excluding carboxylic acids is 2. The fourth-order valence-electron chi connectivity index (χ4n) is 3.50. The van der Waals surface area contributed by atoms with Crippen LogP contribution in [-0.4, -0.2) is 28.4 Å². The molecule has 0 saturated heterocycles. The van der Waals surface area contributed by atoms with E-state index in [4.69, 9.17) is 9.15 Å². The molecule has 0 bridgehead atoms. The summed E-state index contributed by atoms with van der Waals surface area (Å²) in [6, 6.07) is 3.07. The highest BCUT2D eigenvalue weighted by Gasteiger charge is 2.24. The summed E-state index contributed by atoms with van der Waals surface area (Å²) < 4.78 is 10.3. The van der Waals surface area contributed by atoms with Crippen molar-refractivity contribution in [2.45, 2.75) is 39.2 Å². The summed E-state index contributed by atoms with van der Waals surface area (Å²) in [5.41, 5.74) is 0.903. The number of hydrogen-bond donors (Lipinski definition) is 2. The molecule has 2 atom stereocenters. The maximum absolute atomic E-state index is 12.7. The number of esters is 1. The number of thiophene rings is 1. The minimum absolute atomic E-state index is 0.110. The van der Waals surface area contributed by atoms with Crippen LogP contribution in [0.1, 0.15) is 53.2 Å². The molecule has 4 rings (SSSR count). The van der Waals surface area contributed by atoms with Gasteiger partial charge in [0, 0.05) is 4.88 Å². The molecule has 0 spiro atoms. The Morgan fingerprint density at radius 2 is 2.31 bits per heavy atom. The molecule has 0 unspecified atom stereocenters. The predicted molar refractivity (Wildman–Crippen MR) is 107 cm³/mol. The summed E-state index contributed by atoms with van der Waals surface area (Å²) in [5.74, 6) is -0.145. The van der Waals surface area contributed by atoms with Crippen molar-refractivity contribution in [2.75, 3.05) is 6.54 Å². The largest absolute Gasteiger partial charge is 0.459 e. The second-order valence-electron chi connectivity index (χ2n) is 7.28. The lowest BCUT2D eigenvalue weighted by Gasteiger charge is -2.17. The van der Waals surface area contributed by atoms with Gasteiger partial charge in [0.1, 0.15) is 11.4 Å². The first-order chi connectivity index (χ1) is 13.9. The van der Waals surface area contributed by atoms with Crippen molar-refractivity contribution in [3.63, 3.8) is 0 Å². The van der Waals surface area contributed by atoms with Gasteiger partial charge in [0.25, 0.3) is 11.5 Å². The van der Waals surface area contributed by atoms with E-state index in [2.05, 4.69) is 22.2 Å². The molecule has 3 aromatic heterocycles. The van der Waals surface area contributed by atoms with Crippen LogP contribution in [0.3, 0.4) is 0 Å². The molecule has 3 aromatic rings. The fraction of sp³-hybridized carbons (Fsp3) is 0.400. The number of amides is 1. The van der Waals surface area contributed by atoms with E-state index in [-0.39, 0.29) is 17.9 Å². The van der Waals surface area contributed by atoms with Crippen molar-refractivity contribution in [3.05, 3.63) is 50.8 Å². The second kappa shape index (κ2) is 7.82. The molecule has 0 aliphatic heterocycles. The zero-order valence-corrected chi connectivity index (χ0v) is 16.9. The lowest BCUT2D eigenvalue weighted by molar-refractivity contribution is -0.147. The molecule has 3 heterocycles. The molecule has 152 valence electrons.